The van der Waals surface area contributed by atoms with Gasteiger partial charge in [0, 0.05) is 5.56 Å². The molecule has 0 aliphatic carbocycles. The number of aromatic carboxylic acids is 1. The quantitative estimate of drug-likeness (QED) is 0.852. The fourth-order valence-electron chi connectivity index (χ4n) is 1.82. The van der Waals surface area contributed by atoms with Gasteiger partial charge in [0.15, 0.2) is 11.6 Å². The van der Waals surface area contributed by atoms with Crippen LogP contribution in [0, 0.1) is 5.82 Å². The summed E-state index contributed by atoms with van der Waals surface area (Å²) in [5.74, 6) is -1.50. The number of benzene rings is 1. The largest absolute Gasteiger partial charge is 0.494 e. The number of carboxylic acids is 1. The van der Waals surface area contributed by atoms with E-state index in [1.54, 1.807) is 6.07 Å². The second-order valence-electron chi connectivity index (χ2n) is 4.04. The van der Waals surface area contributed by atoms with Crippen LogP contribution in [0.15, 0.2) is 36.9 Å². The molecule has 104 valence electrons. The molecular formula is C14H13FN2O3. The van der Waals surface area contributed by atoms with Crippen LogP contribution in [0.25, 0.3) is 11.3 Å². The van der Waals surface area contributed by atoms with Gasteiger partial charge < -0.3 is 9.84 Å². The number of hydrogen-bond donors (Lipinski definition) is 1. The monoisotopic (exact) mass is 276 g/mol. The summed E-state index contributed by atoms with van der Waals surface area (Å²) in [4.78, 5) is 11.1. The average molecular weight is 276 g/mol. The molecule has 0 atom stereocenters. The molecule has 2 rings (SSSR count). The number of ether oxygens (including phenoxy) is 1. The molecule has 0 bridgehead atoms. The van der Waals surface area contributed by atoms with E-state index in [4.69, 9.17) is 9.84 Å². The third-order valence-corrected chi connectivity index (χ3v) is 2.75. The van der Waals surface area contributed by atoms with E-state index in [-0.39, 0.29) is 18.0 Å². The summed E-state index contributed by atoms with van der Waals surface area (Å²) >= 11 is 0. The highest BCUT2D eigenvalue weighted by Gasteiger charge is 2.15. The van der Waals surface area contributed by atoms with Crippen LogP contribution in [0.2, 0.25) is 0 Å². The van der Waals surface area contributed by atoms with Gasteiger partial charge in [-0.05, 0) is 24.3 Å². The predicted molar refractivity (Wildman–Crippen MR) is 71.3 cm³/mol. The molecule has 0 amide bonds. The molecule has 20 heavy (non-hydrogen) atoms. The molecule has 0 unspecified atom stereocenters. The Balaban J connectivity index is 2.47. The Morgan fingerprint density at radius 2 is 2.30 bits per heavy atom. The minimum Gasteiger partial charge on any atom is -0.494 e. The number of carbonyl (C=O) groups is 1. The van der Waals surface area contributed by atoms with Crippen LogP contribution < -0.4 is 4.74 Å². The fourth-order valence-corrected chi connectivity index (χ4v) is 1.82. The summed E-state index contributed by atoms with van der Waals surface area (Å²) in [6, 6.07) is 5.74. The maximum atomic E-state index is 13.7. The van der Waals surface area contributed by atoms with Crippen LogP contribution >= 0.6 is 0 Å². The smallest absolute Gasteiger partial charge is 0.354 e. The molecule has 0 spiro atoms. The van der Waals surface area contributed by atoms with E-state index in [9.17, 15) is 9.18 Å². The van der Waals surface area contributed by atoms with Gasteiger partial charge in [-0.3, -0.25) is 4.68 Å². The van der Waals surface area contributed by atoms with Crippen LogP contribution in [0.1, 0.15) is 10.5 Å². The topological polar surface area (TPSA) is 64.4 Å². The number of allylic oxidation sites excluding steroid dienone is 1. The van der Waals surface area contributed by atoms with E-state index in [2.05, 4.69) is 11.7 Å². The van der Waals surface area contributed by atoms with Gasteiger partial charge in [0.05, 0.1) is 19.3 Å². The predicted octanol–water partition coefficient (Wildman–Crippen LogP) is 2.58. The molecule has 1 N–H and O–H groups in total. The average Bonchev–Trinajstić information content (AvgIpc) is 2.83. The van der Waals surface area contributed by atoms with Gasteiger partial charge in [-0.1, -0.05) is 6.08 Å². The van der Waals surface area contributed by atoms with Crippen molar-refractivity contribution >= 4 is 5.97 Å². The standard InChI is InChI=1S/C14H13FN2O3/c1-3-6-17-12(14(18)19)8-11(16-17)9-4-5-13(20-2)10(15)7-9/h3-5,7-8H,1,6H2,2H3,(H,18,19). The highest BCUT2D eigenvalue weighted by molar-refractivity contribution is 5.87. The van der Waals surface area contributed by atoms with E-state index in [0.29, 0.717) is 11.3 Å². The number of halogens is 1. The number of nitrogens with zero attached hydrogens (tertiary/aromatic N) is 2. The lowest BCUT2D eigenvalue weighted by Gasteiger charge is -2.03. The van der Waals surface area contributed by atoms with E-state index in [1.165, 1.54) is 36.1 Å². The first-order valence-electron chi connectivity index (χ1n) is 5.82. The molecule has 0 aliphatic rings. The number of methoxy groups -OCH3 is 1. The van der Waals surface area contributed by atoms with Gasteiger partial charge >= 0.3 is 5.97 Å². The van der Waals surface area contributed by atoms with Crippen LogP contribution in [-0.4, -0.2) is 28.0 Å². The van der Waals surface area contributed by atoms with Crippen molar-refractivity contribution < 1.29 is 19.0 Å². The van der Waals surface area contributed by atoms with E-state index in [0.717, 1.165) is 0 Å². The summed E-state index contributed by atoms with van der Waals surface area (Å²) < 4.78 is 19.8. The zero-order chi connectivity index (χ0) is 14.7. The van der Waals surface area contributed by atoms with Gasteiger partial charge in [0.1, 0.15) is 5.69 Å². The SMILES string of the molecule is C=CCn1nc(-c2ccc(OC)c(F)c2)cc1C(=O)O. The lowest BCUT2D eigenvalue weighted by Crippen LogP contribution is -2.08. The molecule has 0 aliphatic heterocycles. The molecule has 6 heteroatoms. The van der Waals surface area contributed by atoms with Gasteiger partial charge in [-0.2, -0.15) is 5.10 Å². The third-order valence-electron chi connectivity index (χ3n) is 2.75. The van der Waals surface area contributed by atoms with Gasteiger partial charge in [0.2, 0.25) is 0 Å². The summed E-state index contributed by atoms with van der Waals surface area (Å²) in [6.07, 6.45) is 1.54. The zero-order valence-electron chi connectivity index (χ0n) is 10.8. The zero-order valence-corrected chi connectivity index (χ0v) is 10.8. The lowest BCUT2D eigenvalue weighted by molar-refractivity contribution is 0.0684. The Hall–Kier alpha value is -2.63. The Morgan fingerprint density at radius 3 is 2.85 bits per heavy atom. The van der Waals surface area contributed by atoms with Crippen molar-refractivity contribution in [2.45, 2.75) is 6.54 Å². The Bertz CT molecular complexity index is 664. The van der Waals surface area contributed by atoms with Crippen molar-refractivity contribution in [2.75, 3.05) is 7.11 Å². The molecule has 0 saturated heterocycles. The van der Waals surface area contributed by atoms with Crippen LogP contribution in [0.4, 0.5) is 4.39 Å². The Kier molecular flexibility index (Phi) is 3.84. The third kappa shape index (κ3) is 2.54. The normalized spacial score (nSPS) is 10.3. The molecule has 2 aromatic rings. The summed E-state index contributed by atoms with van der Waals surface area (Å²) in [5, 5.41) is 13.2. The second-order valence-corrected chi connectivity index (χ2v) is 4.04. The van der Waals surface area contributed by atoms with E-state index < -0.39 is 11.8 Å². The molecule has 0 radical (unpaired) electrons. The van der Waals surface area contributed by atoms with E-state index >= 15 is 0 Å². The minimum absolute atomic E-state index is 0.0242. The summed E-state index contributed by atoms with van der Waals surface area (Å²) in [5.41, 5.74) is 0.885. The number of hydrogen-bond acceptors (Lipinski definition) is 3. The number of carboxylic acid groups (broad SMARTS) is 1. The first kappa shape index (κ1) is 13.8. The minimum atomic E-state index is -1.10. The van der Waals surface area contributed by atoms with Crippen molar-refractivity contribution in [1.29, 1.82) is 0 Å². The van der Waals surface area contributed by atoms with Crippen molar-refractivity contribution in [3.05, 3.63) is 48.4 Å². The molecule has 1 aromatic carbocycles. The first-order valence-corrected chi connectivity index (χ1v) is 5.82. The van der Waals surface area contributed by atoms with Gasteiger partial charge in [0.25, 0.3) is 0 Å². The summed E-state index contributed by atoms with van der Waals surface area (Å²) in [6.45, 7) is 3.81. The van der Waals surface area contributed by atoms with E-state index in [1.807, 2.05) is 0 Å². The van der Waals surface area contributed by atoms with Crippen molar-refractivity contribution in [1.82, 2.24) is 9.78 Å². The first-order chi connectivity index (χ1) is 9.56. The maximum absolute atomic E-state index is 13.7. The molecule has 1 aromatic heterocycles. The maximum Gasteiger partial charge on any atom is 0.354 e. The van der Waals surface area contributed by atoms with Crippen molar-refractivity contribution in [3.8, 4) is 17.0 Å². The molecule has 1 heterocycles. The van der Waals surface area contributed by atoms with Crippen LogP contribution in [0.3, 0.4) is 0 Å². The highest BCUT2D eigenvalue weighted by Crippen LogP contribution is 2.25. The van der Waals surface area contributed by atoms with Crippen molar-refractivity contribution in [3.63, 3.8) is 0 Å². The van der Waals surface area contributed by atoms with Crippen LogP contribution in [0.5, 0.6) is 5.75 Å². The highest BCUT2D eigenvalue weighted by atomic mass is 19.1. The van der Waals surface area contributed by atoms with Crippen LogP contribution in [-0.2, 0) is 6.54 Å². The van der Waals surface area contributed by atoms with Gasteiger partial charge in [-0.15, -0.1) is 6.58 Å². The Labute approximate surface area is 114 Å². The number of aromatic nitrogens is 2. The second kappa shape index (κ2) is 5.56. The molecule has 5 nitrogen and oxygen atoms in total. The molecular weight excluding hydrogens is 263 g/mol. The molecule has 0 fully saturated rings. The lowest BCUT2D eigenvalue weighted by atomic mass is 10.1. The fraction of sp³-hybridized carbons (Fsp3) is 0.143. The van der Waals surface area contributed by atoms with Crippen molar-refractivity contribution in [2.24, 2.45) is 0 Å². The number of rotatable bonds is 5. The molecule has 0 saturated carbocycles. The Morgan fingerprint density at radius 1 is 1.55 bits per heavy atom. The summed E-state index contributed by atoms with van der Waals surface area (Å²) in [7, 11) is 1.37. The van der Waals surface area contributed by atoms with Gasteiger partial charge in [-0.25, -0.2) is 9.18 Å².